The van der Waals surface area contributed by atoms with Crippen molar-refractivity contribution >= 4 is 11.6 Å². The first-order valence-corrected chi connectivity index (χ1v) is 7.20. The summed E-state index contributed by atoms with van der Waals surface area (Å²) in [6, 6.07) is 2.52. The molecule has 1 aliphatic carbocycles. The van der Waals surface area contributed by atoms with Gasteiger partial charge in [0.1, 0.15) is 17.5 Å². The zero-order valence-electron chi connectivity index (χ0n) is 12.2. The summed E-state index contributed by atoms with van der Waals surface area (Å²) in [6.07, 6.45) is 6.50. The van der Waals surface area contributed by atoms with E-state index in [1.165, 1.54) is 32.1 Å². The molecule has 0 aliphatic heterocycles. The first kappa shape index (κ1) is 14.1. The van der Waals surface area contributed by atoms with Gasteiger partial charge in [-0.1, -0.05) is 33.1 Å². The molecule has 5 heteroatoms. The van der Waals surface area contributed by atoms with Crippen LogP contribution in [0.15, 0.2) is 6.07 Å². The van der Waals surface area contributed by atoms with E-state index in [-0.39, 0.29) is 0 Å². The zero-order chi connectivity index (χ0) is 13.8. The van der Waals surface area contributed by atoms with E-state index in [9.17, 15) is 0 Å². The number of nitrogen functional groups attached to an aromatic ring is 1. The van der Waals surface area contributed by atoms with Crippen LogP contribution in [0.2, 0.25) is 0 Å². The number of nitrogens with zero attached hydrogens (tertiary/aromatic N) is 3. The molecule has 106 valence electrons. The van der Waals surface area contributed by atoms with Gasteiger partial charge in [-0.15, -0.1) is 0 Å². The molecule has 0 unspecified atom stereocenters. The monoisotopic (exact) mass is 263 g/mol. The Morgan fingerprint density at radius 2 is 1.95 bits per heavy atom. The van der Waals surface area contributed by atoms with Crippen LogP contribution in [0.25, 0.3) is 0 Å². The summed E-state index contributed by atoms with van der Waals surface area (Å²) in [4.78, 5) is 11.4. The third-order valence-electron chi connectivity index (χ3n) is 3.88. The average molecular weight is 263 g/mol. The average Bonchev–Trinajstić information content (AvgIpc) is 2.46. The first-order valence-electron chi connectivity index (χ1n) is 7.20. The molecule has 2 rings (SSSR count). The smallest absolute Gasteiger partial charge is 0.145 e. The van der Waals surface area contributed by atoms with Crippen LogP contribution in [-0.2, 0) is 0 Å². The molecule has 1 heterocycles. The van der Waals surface area contributed by atoms with Crippen molar-refractivity contribution in [3.05, 3.63) is 11.9 Å². The third kappa shape index (κ3) is 3.35. The van der Waals surface area contributed by atoms with E-state index in [1.54, 1.807) is 0 Å². The molecule has 0 spiro atoms. The SMILES string of the molecule is CC(C)c1nc(NN)cc(N(C)C2CCCCC2)n1. The van der Waals surface area contributed by atoms with E-state index in [1.807, 2.05) is 6.07 Å². The van der Waals surface area contributed by atoms with Gasteiger partial charge in [0, 0.05) is 25.1 Å². The van der Waals surface area contributed by atoms with Gasteiger partial charge >= 0.3 is 0 Å². The van der Waals surface area contributed by atoms with Crippen LogP contribution < -0.4 is 16.2 Å². The Hall–Kier alpha value is -1.36. The van der Waals surface area contributed by atoms with Crippen molar-refractivity contribution in [1.82, 2.24) is 9.97 Å². The first-order chi connectivity index (χ1) is 9.11. The summed E-state index contributed by atoms with van der Waals surface area (Å²) < 4.78 is 0. The number of nitrogens with two attached hydrogens (primary N) is 1. The molecule has 3 N–H and O–H groups in total. The summed E-state index contributed by atoms with van der Waals surface area (Å²) in [5.74, 6) is 8.31. The highest BCUT2D eigenvalue weighted by atomic mass is 15.3. The molecule has 1 aromatic rings. The van der Waals surface area contributed by atoms with Crippen molar-refractivity contribution in [3.63, 3.8) is 0 Å². The lowest BCUT2D eigenvalue weighted by molar-refractivity contribution is 0.425. The number of hydrogen-bond donors (Lipinski definition) is 2. The largest absolute Gasteiger partial charge is 0.357 e. The second-order valence-corrected chi connectivity index (χ2v) is 5.67. The van der Waals surface area contributed by atoms with Gasteiger partial charge in [-0.2, -0.15) is 0 Å². The fraction of sp³-hybridized carbons (Fsp3) is 0.714. The second-order valence-electron chi connectivity index (χ2n) is 5.67. The van der Waals surface area contributed by atoms with E-state index >= 15 is 0 Å². The number of aromatic nitrogens is 2. The van der Waals surface area contributed by atoms with Crippen LogP contribution in [-0.4, -0.2) is 23.1 Å². The lowest BCUT2D eigenvalue weighted by Gasteiger charge is -2.32. The van der Waals surface area contributed by atoms with Crippen molar-refractivity contribution in [1.29, 1.82) is 0 Å². The third-order valence-corrected chi connectivity index (χ3v) is 3.88. The van der Waals surface area contributed by atoms with Crippen LogP contribution in [0, 0.1) is 0 Å². The minimum Gasteiger partial charge on any atom is -0.357 e. The number of anilines is 2. The van der Waals surface area contributed by atoms with Gasteiger partial charge in [0.2, 0.25) is 0 Å². The Morgan fingerprint density at radius 1 is 1.26 bits per heavy atom. The fourth-order valence-corrected chi connectivity index (χ4v) is 2.62. The Balaban J connectivity index is 2.24. The van der Waals surface area contributed by atoms with Gasteiger partial charge < -0.3 is 10.3 Å². The number of hydrogen-bond acceptors (Lipinski definition) is 5. The maximum absolute atomic E-state index is 5.51. The molecule has 0 saturated heterocycles. The molecule has 0 aromatic carbocycles. The van der Waals surface area contributed by atoms with Gasteiger partial charge in [-0.05, 0) is 12.8 Å². The molecule has 1 fully saturated rings. The molecule has 0 radical (unpaired) electrons. The minimum absolute atomic E-state index is 0.298. The van der Waals surface area contributed by atoms with Crippen LogP contribution in [0.1, 0.15) is 57.7 Å². The van der Waals surface area contributed by atoms with Crippen LogP contribution in [0.3, 0.4) is 0 Å². The molecule has 0 bridgehead atoms. The number of rotatable bonds is 4. The Bertz CT molecular complexity index is 412. The standard InChI is InChI=1S/C14H25N5/c1-10(2)14-16-12(18-15)9-13(17-14)19(3)11-7-5-4-6-8-11/h9-11H,4-8,15H2,1-3H3,(H,16,17,18). The molecule has 1 aliphatic rings. The Labute approximate surface area is 115 Å². The van der Waals surface area contributed by atoms with Gasteiger partial charge in [-0.25, -0.2) is 15.8 Å². The molecule has 0 atom stereocenters. The predicted molar refractivity (Wildman–Crippen MR) is 79.2 cm³/mol. The highest BCUT2D eigenvalue weighted by molar-refractivity contribution is 5.49. The lowest BCUT2D eigenvalue weighted by atomic mass is 9.94. The van der Waals surface area contributed by atoms with E-state index in [4.69, 9.17) is 5.84 Å². The maximum atomic E-state index is 5.51. The van der Waals surface area contributed by atoms with Crippen molar-refractivity contribution in [3.8, 4) is 0 Å². The maximum Gasteiger partial charge on any atom is 0.145 e. The van der Waals surface area contributed by atoms with Crippen molar-refractivity contribution in [2.45, 2.75) is 57.9 Å². The van der Waals surface area contributed by atoms with Crippen molar-refractivity contribution in [2.75, 3.05) is 17.4 Å². The van der Waals surface area contributed by atoms with E-state index in [2.05, 4.69) is 41.2 Å². The van der Waals surface area contributed by atoms with Gasteiger partial charge in [0.05, 0.1) is 0 Å². The number of hydrazine groups is 1. The normalized spacial score (nSPS) is 16.7. The molecule has 19 heavy (non-hydrogen) atoms. The highest BCUT2D eigenvalue weighted by Gasteiger charge is 2.20. The Kier molecular flexibility index (Phi) is 4.58. The van der Waals surface area contributed by atoms with Crippen LogP contribution >= 0.6 is 0 Å². The zero-order valence-corrected chi connectivity index (χ0v) is 12.2. The Morgan fingerprint density at radius 3 is 2.53 bits per heavy atom. The van der Waals surface area contributed by atoms with Gasteiger partial charge in [-0.3, -0.25) is 0 Å². The van der Waals surface area contributed by atoms with E-state index < -0.39 is 0 Å². The van der Waals surface area contributed by atoms with Gasteiger partial charge in [0.25, 0.3) is 0 Å². The highest BCUT2D eigenvalue weighted by Crippen LogP contribution is 2.26. The minimum atomic E-state index is 0.298. The molecule has 1 aromatic heterocycles. The lowest BCUT2D eigenvalue weighted by Crippen LogP contribution is -2.34. The summed E-state index contributed by atoms with van der Waals surface area (Å²) in [5, 5.41) is 0. The van der Waals surface area contributed by atoms with Crippen molar-refractivity contribution in [2.24, 2.45) is 5.84 Å². The summed E-state index contributed by atoms with van der Waals surface area (Å²) in [7, 11) is 2.13. The van der Waals surface area contributed by atoms with E-state index in [0.717, 1.165) is 11.6 Å². The predicted octanol–water partition coefficient (Wildman–Crippen LogP) is 2.65. The van der Waals surface area contributed by atoms with Crippen molar-refractivity contribution < 1.29 is 0 Å². The quantitative estimate of drug-likeness (QED) is 0.645. The van der Waals surface area contributed by atoms with E-state index in [0.29, 0.717) is 17.8 Å². The topological polar surface area (TPSA) is 67.1 Å². The van der Waals surface area contributed by atoms with Crippen LogP contribution in [0.4, 0.5) is 11.6 Å². The second kappa shape index (κ2) is 6.19. The number of nitrogens with one attached hydrogen (secondary N) is 1. The summed E-state index contributed by atoms with van der Waals surface area (Å²) in [6.45, 7) is 4.19. The molecular weight excluding hydrogens is 238 g/mol. The summed E-state index contributed by atoms with van der Waals surface area (Å²) in [5.41, 5.74) is 2.64. The fourth-order valence-electron chi connectivity index (χ4n) is 2.62. The molecule has 1 saturated carbocycles. The summed E-state index contributed by atoms with van der Waals surface area (Å²) >= 11 is 0. The van der Waals surface area contributed by atoms with Gasteiger partial charge in [0.15, 0.2) is 0 Å². The van der Waals surface area contributed by atoms with Crippen LogP contribution in [0.5, 0.6) is 0 Å². The molecular formula is C14H25N5. The molecule has 5 nitrogen and oxygen atoms in total. The molecule has 0 amide bonds.